The van der Waals surface area contributed by atoms with Crippen LogP contribution in [0.4, 0.5) is 0 Å². The molecule has 1 saturated heterocycles. The topological polar surface area (TPSA) is 89.8 Å². The highest BCUT2D eigenvalue weighted by molar-refractivity contribution is 5.88. The van der Waals surface area contributed by atoms with Gasteiger partial charge in [0.1, 0.15) is 5.75 Å². The number of hydrogen-bond donors (Lipinski definition) is 4. The van der Waals surface area contributed by atoms with Gasteiger partial charge in [-0.25, -0.2) is 0 Å². The highest BCUT2D eigenvalue weighted by Crippen LogP contribution is 2.58. The number of carbonyl (C=O) groups excluding carboxylic acids is 1. The molecule has 1 amide bonds. The van der Waals surface area contributed by atoms with Gasteiger partial charge in [-0.05, 0) is 54.2 Å². The number of benzene rings is 1. The number of nitrogens with one attached hydrogen (secondary N) is 1. The van der Waals surface area contributed by atoms with E-state index in [-0.39, 0.29) is 35.5 Å². The average molecular weight is 452 g/mol. The molecule has 1 saturated carbocycles. The third-order valence-corrected chi connectivity index (χ3v) is 8.29. The highest BCUT2D eigenvalue weighted by Gasteiger charge is 2.67. The van der Waals surface area contributed by atoms with Gasteiger partial charge in [-0.3, -0.25) is 4.79 Å². The lowest BCUT2D eigenvalue weighted by Gasteiger charge is -2.51. The van der Waals surface area contributed by atoms with Crippen molar-refractivity contribution in [3.8, 4) is 5.75 Å². The summed E-state index contributed by atoms with van der Waals surface area (Å²) in [7, 11) is 0. The number of rotatable bonds is 2. The molecule has 5 heteroatoms. The van der Waals surface area contributed by atoms with Crippen molar-refractivity contribution in [2.24, 2.45) is 35.0 Å². The molecule has 178 valence electrons. The number of allylic oxidation sites excluding steroid dienone is 2. The quantitative estimate of drug-likeness (QED) is 0.516. The molecule has 1 aliphatic heterocycles. The van der Waals surface area contributed by atoms with Crippen molar-refractivity contribution in [3.05, 3.63) is 66.3 Å². The summed E-state index contributed by atoms with van der Waals surface area (Å²) in [5.41, 5.74) is 0.228. The van der Waals surface area contributed by atoms with E-state index in [0.29, 0.717) is 17.9 Å². The first-order chi connectivity index (χ1) is 15.7. The minimum absolute atomic E-state index is 0.191. The third-order valence-electron chi connectivity index (χ3n) is 8.29. The molecule has 1 aromatic rings. The SMILES string of the molecule is C=C1[C@H](C)[C@@H]2[C@@H](Cc3ccccc3O)NC(=O)[C@]23[C@H](C=CC[C@@H](C)C[C@@H](C)C=C[C@@H]3O)[C@H]1O. The summed E-state index contributed by atoms with van der Waals surface area (Å²) in [5, 5.41) is 36.4. The number of aliphatic hydroxyl groups is 2. The fourth-order valence-corrected chi connectivity index (χ4v) is 6.61. The second-order valence-corrected chi connectivity index (χ2v) is 10.5. The third kappa shape index (κ3) is 3.95. The van der Waals surface area contributed by atoms with Gasteiger partial charge in [0.25, 0.3) is 0 Å². The molecule has 4 rings (SSSR count). The molecule has 3 aliphatic rings. The normalized spacial score (nSPS) is 41.1. The smallest absolute Gasteiger partial charge is 0.230 e. The van der Waals surface area contributed by atoms with Crippen molar-refractivity contribution < 1.29 is 20.1 Å². The molecule has 4 N–H and O–H groups in total. The Morgan fingerprint density at radius 3 is 2.58 bits per heavy atom. The summed E-state index contributed by atoms with van der Waals surface area (Å²) in [6, 6.07) is 6.85. The second kappa shape index (κ2) is 9.11. The van der Waals surface area contributed by atoms with Gasteiger partial charge in [0.2, 0.25) is 5.91 Å². The molecule has 1 spiro atoms. The maximum Gasteiger partial charge on any atom is 0.230 e. The summed E-state index contributed by atoms with van der Waals surface area (Å²) in [6.07, 6.45) is 8.11. The number of phenolic OH excluding ortho intramolecular Hbond substituents is 1. The van der Waals surface area contributed by atoms with Crippen LogP contribution in [0.5, 0.6) is 5.75 Å². The van der Waals surface area contributed by atoms with E-state index in [0.717, 1.165) is 18.4 Å². The van der Waals surface area contributed by atoms with E-state index in [4.69, 9.17) is 0 Å². The van der Waals surface area contributed by atoms with Crippen molar-refractivity contribution >= 4 is 5.91 Å². The van der Waals surface area contributed by atoms with Crippen LogP contribution in [0.25, 0.3) is 0 Å². The minimum atomic E-state index is -1.21. The first kappa shape index (κ1) is 23.8. The molecule has 0 aromatic heterocycles. The van der Waals surface area contributed by atoms with E-state index >= 15 is 0 Å². The minimum Gasteiger partial charge on any atom is -0.508 e. The van der Waals surface area contributed by atoms with E-state index in [1.165, 1.54) is 0 Å². The molecule has 5 nitrogen and oxygen atoms in total. The van der Waals surface area contributed by atoms with E-state index in [1.807, 2.05) is 31.2 Å². The van der Waals surface area contributed by atoms with Crippen LogP contribution < -0.4 is 5.32 Å². The van der Waals surface area contributed by atoms with Crippen molar-refractivity contribution in [2.45, 2.75) is 58.3 Å². The van der Waals surface area contributed by atoms with E-state index in [2.05, 4.69) is 31.8 Å². The molecule has 1 aromatic carbocycles. The Balaban J connectivity index is 1.84. The lowest BCUT2D eigenvalue weighted by molar-refractivity contribution is -0.147. The van der Waals surface area contributed by atoms with Crippen LogP contribution in [0.15, 0.2) is 60.7 Å². The molecule has 0 unspecified atom stereocenters. The number of carbonyl (C=O) groups is 1. The van der Waals surface area contributed by atoms with Crippen LogP contribution in [0.3, 0.4) is 0 Å². The van der Waals surface area contributed by atoms with Gasteiger partial charge in [0.05, 0.1) is 17.6 Å². The van der Waals surface area contributed by atoms with Crippen LogP contribution in [0.1, 0.15) is 39.2 Å². The maximum atomic E-state index is 13.8. The zero-order valence-electron chi connectivity index (χ0n) is 19.8. The Kier molecular flexibility index (Phi) is 6.56. The first-order valence-electron chi connectivity index (χ1n) is 12.2. The number of hydrogen-bond acceptors (Lipinski definition) is 4. The van der Waals surface area contributed by atoms with Gasteiger partial charge < -0.3 is 20.6 Å². The monoisotopic (exact) mass is 451 g/mol. The molecule has 33 heavy (non-hydrogen) atoms. The number of amides is 1. The summed E-state index contributed by atoms with van der Waals surface area (Å²) in [5.74, 6) is -0.378. The number of aliphatic hydroxyl groups excluding tert-OH is 2. The molecule has 1 heterocycles. The van der Waals surface area contributed by atoms with Crippen LogP contribution in [0, 0.1) is 35.0 Å². The van der Waals surface area contributed by atoms with Crippen molar-refractivity contribution in [3.63, 3.8) is 0 Å². The van der Waals surface area contributed by atoms with Gasteiger partial charge in [0.15, 0.2) is 0 Å². The van der Waals surface area contributed by atoms with Gasteiger partial charge in [-0.2, -0.15) is 0 Å². The molecule has 0 bridgehead atoms. The van der Waals surface area contributed by atoms with Gasteiger partial charge >= 0.3 is 0 Å². The average Bonchev–Trinajstić information content (AvgIpc) is 3.05. The summed E-state index contributed by atoms with van der Waals surface area (Å²) < 4.78 is 0. The maximum absolute atomic E-state index is 13.8. The van der Waals surface area contributed by atoms with Crippen LogP contribution in [-0.2, 0) is 11.2 Å². The Bertz CT molecular complexity index is 968. The molecule has 2 fully saturated rings. The van der Waals surface area contributed by atoms with Gasteiger partial charge in [0, 0.05) is 17.9 Å². The van der Waals surface area contributed by atoms with Crippen LogP contribution in [0.2, 0.25) is 0 Å². The Morgan fingerprint density at radius 1 is 1.12 bits per heavy atom. The second-order valence-electron chi connectivity index (χ2n) is 10.5. The molecule has 2 aliphatic carbocycles. The Hall–Kier alpha value is -2.37. The first-order valence-corrected chi connectivity index (χ1v) is 12.2. The molecular formula is C28H37NO4. The van der Waals surface area contributed by atoms with Crippen molar-refractivity contribution in [1.29, 1.82) is 0 Å². The number of para-hydroxylation sites is 1. The highest BCUT2D eigenvalue weighted by atomic mass is 16.3. The molecular weight excluding hydrogens is 414 g/mol. The summed E-state index contributed by atoms with van der Waals surface area (Å²) >= 11 is 0. The van der Waals surface area contributed by atoms with E-state index in [9.17, 15) is 20.1 Å². The molecule has 9 atom stereocenters. The Morgan fingerprint density at radius 2 is 1.85 bits per heavy atom. The predicted molar refractivity (Wildman–Crippen MR) is 129 cm³/mol. The van der Waals surface area contributed by atoms with E-state index < -0.39 is 23.5 Å². The van der Waals surface area contributed by atoms with Crippen LogP contribution >= 0.6 is 0 Å². The number of phenols is 1. The fraction of sp³-hybridized carbons (Fsp3) is 0.536. The summed E-state index contributed by atoms with van der Waals surface area (Å²) in [4.78, 5) is 13.8. The largest absolute Gasteiger partial charge is 0.508 e. The molecule has 0 radical (unpaired) electrons. The lowest BCUT2D eigenvalue weighted by Crippen LogP contribution is -2.59. The number of aromatic hydroxyl groups is 1. The van der Waals surface area contributed by atoms with Gasteiger partial charge in [-0.1, -0.05) is 69.9 Å². The van der Waals surface area contributed by atoms with Crippen molar-refractivity contribution in [1.82, 2.24) is 5.32 Å². The zero-order chi connectivity index (χ0) is 23.9. The summed E-state index contributed by atoms with van der Waals surface area (Å²) in [6.45, 7) is 10.5. The fourth-order valence-electron chi connectivity index (χ4n) is 6.61. The predicted octanol–water partition coefficient (Wildman–Crippen LogP) is 3.76. The Labute approximate surface area is 196 Å². The van der Waals surface area contributed by atoms with Crippen LogP contribution in [-0.4, -0.2) is 39.5 Å². The lowest BCUT2D eigenvalue weighted by atomic mass is 9.51. The van der Waals surface area contributed by atoms with Gasteiger partial charge in [-0.15, -0.1) is 0 Å². The van der Waals surface area contributed by atoms with E-state index in [1.54, 1.807) is 18.2 Å². The zero-order valence-corrected chi connectivity index (χ0v) is 19.8. The van der Waals surface area contributed by atoms with Crippen molar-refractivity contribution in [2.75, 3.05) is 0 Å². The standard InChI is InChI=1S/C28H37NO4/c1-16-8-7-10-21-26(32)19(4)18(3)25-22(15-20-9-5-6-11-23(20)30)29-27(33)28(21,25)24(31)13-12-17(2)14-16/h5-7,9-13,16-18,21-22,24-26,30-32H,4,8,14-15H2,1-3H3,(H,29,33)/t16-,17+,18+,21-,22-,24+,25-,26+,28+/m1/s1.